The number of carbonyl (C=O) groups excluding carboxylic acids is 1. The van der Waals surface area contributed by atoms with Crippen LogP contribution in [0.2, 0.25) is 0 Å². The Morgan fingerprint density at radius 3 is 2.38 bits per heavy atom. The molecule has 1 unspecified atom stereocenters. The Hall–Kier alpha value is -1.17. The van der Waals surface area contributed by atoms with Crippen molar-refractivity contribution in [3.05, 3.63) is 40.4 Å². The van der Waals surface area contributed by atoms with Gasteiger partial charge in [-0.05, 0) is 68.8 Å². The highest BCUT2D eigenvalue weighted by molar-refractivity contribution is 9.10. The van der Waals surface area contributed by atoms with Crippen LogP contribution in [0.3, 0.4) is 0 Å². The minimum absolute atomic E-state index is 0.0642. The standard InChI is InChI=1S/C24H31BrN2O2/c25-18-7-4-17(5-8-18)6-9-24(28)29-23-10-12-27-20-13-19-3-1-2-11-26(19)21(14-20)15-22(27)16-23/h4-9,19-23H,1-3,10-16H2/b9-6+/t19-,20+,21+,22-,23?/m1/s1. The van der Waals surface area contributed by atoms with Crippen LogP contribution < -0.4 is 0 Å². The van der Waals surface area contributed by atoms with Crippen LogP contribution >= 0.6 is 15.9 Å². The third-order valence-electron chi connectivity index (χ3n) is 7.52. The molecule has 29 heavy (non-hydrogen) atoms. The fourth-order valence-electron chi connectivity index (χ4n) is 6.23. The van der Waals surface area contributed by atoms with Gasteiger partial charge >= 0.3 is 5.97 Å². The molecule has 4 aliphatic heterocycles. The topological polar surface area (TPSA) is 32.8 Å². The third-order valence-corrected chi connectivity index (χ3v) is 8.05. The lowest BCUT2D eigenvalue weighted by Gasteiger charge is -2.58. The number of esters is 1. The highest BCUT2D eigenvalue weighted by atomic mass is 79.9. The molecule has 4 aliphatic rings. The first-order chi connectivity index (χ1) is 14.2. The summed E-state index contributed by atoms with van der Waals surface area (Å²) in [5.41, 5.74) is 1.01. The molecule has 5 rings (SSSR count). The minimum atomic E-state index is -0.210. The number of piperidine rings is 4. The molecule has 0 aromatic heterocycles. The molecule has 2 bridgehead atoms. The van der Waals surface area contributed by atoms with Crippen molar-refractivity contribution in [1.29, 1.82) is 0 Å². The van der Waals surface area contributed by atoms with Crippen LogP contribution in [0.25, 0.3) is 6.08 Å². The van der Waals surface area contributed by atoms with E-state index < -0.39 is 0 Å². The number of carbonyl (C=O) groups is 1. The van der Waals surface area contributed by atoms with Crippen molar-refractivity contribution < 1.29 is 9.53 Å². The Morgan fingerprint density at radius 1 is 0.897 bits per heavy atom. The number of fused-ring (bicyclic) bond motifs is 6. The van der Waals surface area contributed by atoms with Gasteiger partial charge in [0.15, 0.2) is 0 Å². The number of halogens is 1. The quantitative estimate of drug-likeness (QED) is 0.488. The van der Waals surface area contributed by atoms with Crippen molar-refractivity contribution in [3.63, 3.8) is 0 Å². The zero-order chi connectivity index (χ0) is 19.8. The number of hydrogen-bond acceptors (Lipinski definition) is 4. The van der Waals surface area contributed by atoms with Crippen molar-refractivity contribution in [2.24, 2.45) is 0 Å². The summed E-state index contributed by atoms with van der Waals surface area (Å²) in [4.78, 5) is 18.0. The molecule has 0 aliphatic carbocycles. The Bertz CT molecular complexity index is 765. The van der Waals surface area contributed by atoms with Gasteiger partial charge in [0.05, 0.1) is 0 Å². The van der Waals surface area contributed by atoms with Gasteiger partial charge in [-0.15, -0.1) is 0 Å². The van der Waals surface area contributed by atoms with Gasteiger partial charge in [-0.3, -0.25) is 9.80 Å². The predicted molar refractivity (Wildman–Crippen MR) is 119 cm³/mol. The van der Waals surface area contributed by atoms with Crippen LogP contribution in [0.1, 0.15) is 56.9 Å². The molecule has 0 amide bonds. The van der Waals surface area contributed by atoms with E-state index in [0.29, 0.717) is 6.04 Å². The fourth-order valence-corrected chi connectivity index (χ4v) is 6.49. The predicted octanol–water partition coefficient (Wildman–Crippen LogP) is 4.63. The number of rotatable bonds is 3. The molecule has 4 fully saturated rings. The van der Waals surface area contributed by atoms with E-state index in [4.69, 9.17) is 4.74 Å². The number of ether oxygens (including phenoxy) is 1. The second kappa shape index (κ2) is 8.52. The summed E-state index contributed by atoms with van der Waals surface area (Å²) in [5.74, 6) is -0.210. The summed E-state index contributed by atoms with van der Waals surface area (Å²) in [6.07, 6.45) is 13.6. The minimum Gasteiger partial charge on any atom is -0.459 e. The van der Waals surface area contributed by atoms with E-state index >= 15 is 0 Å². The van der Waals surface area contributed by atoms with E-state index in [-0.39, 0.29) is 12.1 Å². The molecular weight excluding hydrogens is 428 g/mol. The zero-order valence-electron chi connectivity index (χ0n) is 17.0. The molecule has 4 saturated heterocycles. The maximum atomic E-state index is 12.4. The first kappa shape index (κ1) is 19.8. The van der Waals surface area contributed by atoms with E-state index in [1.54, 1.807) is 6.08 Å². The molecule has 1 aromatic carbocycles. The van der Waals surface area contributed by atoms with Crippen LogP contribution in [-0.2, 0) is 9.53 Å². The zero-order valence-corrected chi connectivity index (χ0v) is 18.6. The Labute approximate surface area is 182 Å². The van der Waals surface area contributed by atoms with E-state index in [1.165, 1.54) is 45.1 Å². The average Bonchev–Trinajstić information content (AvgIpc) is 2.73. The van der Waals surface area contributed by atoms with Crippen LogP contribution in [0.4, 0.5) is 0 Å². The molecule has 4 nitrogen and oxygen atoms in total. The van der Waals surface area contributed by atoms with Crippen LogP contribution in [0.5, 0.6) is 0 Å². The average molecular weight is 459 g/mol. The third kappa shape index (κ3) is 4.33. The van der Waals surface area contributed by atoms with Crippen molar-refractivity contribution in [3.8, 4) is 0 Å². The van der Waals surface area contributed by atoms with E-state index in [1.807, 2.05) is 30.3 Å². The lowest BCUT2D eigenvalue weighted by atomic mass is 9.76. The van der Waals surface area contributed by atoms with Gasteiger partial charge < -0.3 is 4.74 Å². The lowest BCUT2D eigenvalue weighted by Crippen LogP contribution is -2.65. The number of benzene rings is 1. The van der Waals surface area contributed by atoms with Gasteiger partial charge in [0, 0.05) is 47.7 Å². The first-order valence-electron chi connectivity index (χ1n) is 11.3. The van der Waals surface area contributed by atoms with E-state index in [2.05, 4.69) is 25.7 Å². The highest BCUT2D eigenvalue weighted by Crippen LogP contribution is 2.42. The molecule has 0 spiro atoms. The summed E-state index contributed by atoms with van der Waals surface area (Å²) < 4.78 is 6.88. The normalized spacial score (nSPS) is 35.1. The molecule has 0 saturated carbocycles. The van der Waals surface area contributed by atoms with Gasteiger partial charge in [0.25, 0.3) is 0 Å². The summed E-state index contributed by atoms with van der Waals surface area (Å²) in [5, 5.41) is 0. The maximum absolute atomic E-state index is 12.4. The molecule has 1 aromatic rings. The van der Waals surface area contributed by atoms with E-state index in [9.17, 15) is 4.79 Å². The van der Waals surface area contributed by atoms with Gasteiger partial charge in [0.2, 0.25) is 0 Å². The molecule has 156 valence electrons. The summed E-state index contributed by atoms with van der Waals surface area (Å²) in [6.45, 7) is 2.39. The number of hydrogen-bond donors (Lipinski definition) is 0. The molecule has 4 heterocycles. The summed E-state index contributed by atoms with van der Waals surface area (Å²) in [7, 11) is 0. The Morgan fingerprint density at radius 2 is 1.59 bits per heavy atom. The highest BCUT2D eigenvalue weighted by Gasteiger charge is 2.47. The van der Waals surface area contributed by atoms with Gasteiger partial charge in [-0.2, -0.15) is 0 Å². The lowest BCUT2D eigenvalue weighted by molar-refractivity contribution is -0.149. The first-order valence-corrected chi connectivity index (χ1v) is 12.1. The SMILES string of the molecule is O=C(/C=C/c1ccc(Br)cc1)OC1CCN2[C@@H]3C[C@@H](C[C@@H]2C1)N1CCCC[C@@H]1C3. The second-order valence-corrected chi connectivity index (χ2v) is 10.2. The molecule has 0 radical (unpaired) electrons. The van der Waals surface area contributed by atoms with E-state index in [0.717, 1.165) is 47.5 Å². The van der Waals surface area contributed by atoms with Crippen LogP contribution in [0, 0.1) is 0 Å². The van der Waals surface area contributed by atoms with Crippen LogP contribution in [0.15, 0.2) is 34.8 Å². The van der Waals surface area contributed by atoms with Crippen molar-refractivity contribution in [2.45, 2.75) is 81.6 Å². The summed E-state index contributed by atoms with van der Waals surface area (Å²) >= 11 is 3.43. The summed E-state index contributed by atoms with van der Waals surface area (Å²) in [6, 6.07) is 10.9. The monoisotopic (exact) mass is 458 g/mol. The smallest absolute Gasteiger partial charge is 0.331 e. The fraction of sp³-hybridized carbons (Fsp3) is 0.625. The van der Waals surface area contributed by atoms with Crippen molar-refractivity contribution in [1.82, 2.24) is 9.80 Å². The molecule has 5 atom stereocenters. The molecule has 5 heteroatoms. The Balaban J connectivity index is 1.18. The number of nitrogens with zero attached hydrogens (tertiary/aromatic N) is 2. The van der Waals surface area contributed by atoms with Crippen LogP contribution in [-0.4, -0.2) is 59.1 Å². The Kier molecular flexibility index (Phi) is 5.81. The second-order valence-electron chi connectivity index (χ2n) is 9.26. The van der Waals surface area contributed by atoms with Crippen molar-refractivity contribution >= 4 is 28.0 Å². The maximum Gasteiger partial charge on any atom is 0.331 e. The molecular formula is C24H31BrN2O2. The van der Waals surface area contributed by atoms with Gasteiger partial charge in [0.1, 0.15) is 6.10 Å². The largest absolute Gasteiger partial charge is 0.459 e. The van der Waals surface area contributed by atoms with Gasteiger partial charge in [-0.1, -0.05) is 34.5 Å². The van der Waals surface area contributed by atoms with Crippen molar-refractivity contribution in [2.75, 3.05) is 13.1 Å². The molecule has 0 N–H and O–H groups in total. The van der Waals surface area contributed by atoms with Gasteiger partial charge in [-0.25, -0.2) is 4.79 Å².